The lowest BCUT2D eigenvalue weighted by molar-refractivity contribution is -0.0710. The molecule has 7 nitrogen and oxygen atoms in total. The molecule has 1 heterocycles. The van der Waals surface area contributed by atoms with Gasteiger partial charge in [0.05, 0.1) is 24.3 Å². The van der Waals surface area contributed by atoms with Crippen LogP contribution in [0.15, 0.2) is 5.11 Å². The molecule has 106 valence electrons. The van der Waals surface area contributed by atoms with Crippen LogP contribution in [0.3, 0.4) is 0 Å². The van der Waals surface area contributed by atoms with Gasteiger partial charge in [-0.05, 0) is 45.6 Å². The van der Waals surface area contributed by atoms with Gasteiger partial charge in [-0.1, -0.05) is 5.11 Å². The third-order valence-electron chi connectivity index (χ3n) is 3.57. The number of hydrogen-bond donors (Lipinski definition) is 1. The minimum atomic E-state index is -0.551. The molecule has 1 aliphatic carbocycles. The number of carbonyl (C=O) groups excluding carboxylic acids is 1. The highest BCUT2D eigenvalue weighted by molar-refractivity contribution is 5.68. The number of carbonyl (C=O) groups is 1. The summed E-state index contributed by atoms with van der Waals surface area (Å²) in [5.41, 5.74) is 7.67. The number of alkyl carbamates (subject to hydrolysis) is 1. The van der Waals surface area contributed by atoms with Crippen molar-refractivity contribution >= 4 is 6.09 Å². The molecule has 0 aromatic rings. The molecule has 0 bridgehead atoms. The van der Waals surface area contributed by atoms with Gasteiger partial charge in [0.2, 0.25) is 0 Å². The second-order valence-corrected chi connectivity index (χ2v) is 6.13. The standard InChI is InChI=1S/C12H20N4O3/c1-11(2,3)19-10(17)14-9-8(15-16-13)7-18-12(9)5-4-6-12/h8-9H,4-7H2,1-3H3,(H,14,17)/t8?,9-/m1/s1. The fraction of sp³-hybridized carbons (Fsp3) is 0.917. The van der Waals surface area contributed by atoms with Crippen LogP contribution in [0.4, 0.5) is 4.79 Å². The van der Waals surface area contributed by atoms with Crippen molar-refractivity contribution in [2.24, 2.45) is 5.11 Å². The average Bonchev–Trinajstić information content (AvgIpc) is 2.55. The molecule has 2 atom stereocenters. The van der Waals surface area contributed by atoms with Crippen LogP contribution in [-0.2, 0) is 9.47 Å². The first-order valence-corrected chi connectivity index (χ1v) is 6.54. The van der Waals surface area contributed by atoms with Gasteiger partial charge >= 0.3 is 6.09 Å². The van der Waals surface area contributed by atoms with E-state index in [1.165, 1.54) is 0 Å². The molecule has 2 fully saturated rings. The summed E-state index contributed by atoms with van der Waals surface area (Å²) < 4.78 is 11.0. The van der Waals surface area contributed by atoms with E-state index in [0.29, 0.717) is 6.61 Å². The van der Waals surface area contributed by atoms with Crippen LogP contribution in [0.1, 0.15) is 40.0 Å². The van der Waals surface area contributed by atoms with Crippen LogP contribution in [-0.4, -0.2) is 36.0 Å². The van der Waals surface area contributed by atoms with Crippen LogP contribution < -0.4 is 5.32 Å². The number of hydrogen-bond acceptors (Lipinski definition) is 4. The molecule has 1 spiro atoms. The zero-order valence-electron chi connectivity index (χ0n) is 11.5. The molecule has 1 amide bonds. The minimum absolute atomic E-state index is 0.299. The van der Waals surface area contributed by atoms with E-state index < -0.39 is 11.7 Å². The van der Waals surface area contributed by atoms with Gasteiger partial charge in [0, 0.05) is 4.91 Å². The Morgan fingerprint density at radius 2 is 2.21 bits per heavy atom. The van der Waals surface area contributed by atoms with Crippen LogP contribution in [0, 0.1) is 0 Å². The second-order valence-electron chi connectivity index (χ2n) is 6.13. The molecule has 2 aliphatic rings. The molecule has 1 saturated heterocycles. The lowest BCUT2D eigenvalue weighted by Gasteiger charge is -2.42. The van der Waals surface area contributed by atoms with E-state index in [9.17, 15) is 4.79 Å². The van der Waals surface area contributed by atoms with Crippen molar-refractivity contribution in [3.63, 3.8) is 0 Å². The molecule has 0 aromatic heterocycles. The number of amides is 1. The first-order chi connectivity index (χ1) is 8.86. The van der Waals surface area contributed by atoms with Gasteiger partial charge in [-0.25, -0.2) is 4.79 Å². The number of rotatable bonds is 2. The Hall–Kier alpha value is -1.46. The van der Waals surface area contributed by atoms with Gasteiger partial charge in [0.1, 0.15) is 5.60 Å². The maximum atomic E-state index is 11.9. The summed E-state index contributed by atoms with van der Waals surface area (Å²) in [4.78, 5) is 14.7. The summed E-state index contributed by atoms with van der Waals surface area (Å²) in [6.07, 6.45) is 2.33. The van der Waals surface area contributed by atoms with Crippen LogP contribution >= 0.6 is 0 Å². The third kappa shape index (κ3) is 2.93. The van der Waals surface area contributed by atoms with Crippen LogP contribution in [0.5, 0.6) is 0 Å². The van der Waals surface area contributed by atoms with E-state index in [2.05, 4.69) is 15.3 Å². The van der Waals surface area contributed by atoms with Gasteiger partial charge in [-0.15, -0.1) is 0 Å². The Morgan fingerprint density at radius 1 is 1.53 bits per heavy atom. The summed E-state index contributed by atoms with van der Waals surface area (Å²) in [6, 6.07) is -0.662. The first kappa shape index (κ1) is 14.0. The normalized spacial score (nSPS) is 28.4. The van der Waals surface area contributed by atoms with E-state index >= 15 is 0 Å². The number of ether oxygens (including phenoxy) is 2. The highest BCUT2D eigenvalue weighted by atomic mass is 16.6. The summed E-state index contributed by atoms with van der Waals surface area (Å²) in [6.45, 7) is 5.77. The Morgan fingerprint density at radius 3 is 2.68 bits per heavy atom. The predicted octanol–water partition coefficient (Wildman–Crippen LogP) is 2.51. The fourth-order valence-electron chi connectivity index (χ4n) is 2.60. The summed E-state index contributed by atoms with van der Waals surface area (Å²) in [7, 11) is 0. The Kier molecular flexibility index (Phi) is 3.60. The molecule has 1 aliphatic heterocycles. The van der Waals surface area contributed by atoms with Gasteiger partial charge in [-0.3, -0.25) is 0 Å². The summed E-state index contributed by atoms with van der Waals surface area (Å²) in [5.74, 6) is 0. The molecule has 1 N–H and O–H groups in total. The number of nitrogens with zero attached hydrogens (tertiary/aromatic N) is 3. The van der Waals surface area contributed by atoms with Crippen LogP contribution in [0.2, 0.25) is 0 Å². The van der Waals surface area contributed by atoms with E-state index in [0.717, 1.165) is 19.3 Å². The lowest BCUT2D eigenvalue weighted by atomic mass is 9.74. The molecule has 0 aromatic carbocycles. The molecule has 1 unspecified atom stereocenters. The maximum absolute atomic E-state index is 11.9. The van der Waals surface area contributed by atoms with Gasteiger partial charge < -0.3 is 14.8 Å². The average molecular weight is 268 g/mol. The molecule has 1 saturated carbocycles. The van der Waals surface area contributed by atoms with Crippen molar-refractivity contribution in [3.05, 3.63) is 10.4 Å². The van der Waals surface area contributed by atoms with Crippen molar-refractivity contribution < 1.29 is 14.3 Å². The number of azide groups is 1. The van der Waals surface area contributed by atoms with Crippen molar-refractivity contribution in [2.45, 2.75) is 63.3 Å². The minimum Gasteiger partial charge on any atom is -0.444 e. The fourth-order valence-corrected chi connectivity index (χ4v) is 2.60. The highest BCUT2D eigenvalue weighted by Gasteiger charge is 2.54. The monoisotopic (exact) mass is 268 g/mol. The topological polar surface area (TPSA) is 96.3 Å². The smallest absolute Gasteiger partial charge is 0.407 e. The molecule has 0 radical (unpaired) electrons. The maximum Gasteiger partial charge on any atom is 0.407 e. The summed E-state index contributed by atoms with van der Waals surface area (Å²) >= 11 is 0. The quantitative estimate of drug-likeness (QED) is 0.473. The lowest BCUT2D eigenvalue weighted by Crippen LogP contribution is -2.57. The SMILES string of the molecule is CC(C)(C)OC(=O)N[C@@H]1C(N=[N+]=[N-])COC12CCC2. The van der Waals surface area contributed by atoms with Crippen molar-refractivity contribution in [2.75, 3.05) is 6.61 Å². The predicted molar refractivity (Wildman–Crippen MR) is 68.6 cm³/mol. The van der Waals surface area contributed by atoms with E-state index in [4.69, 9.17) is 15.0 Å². The van der Waals surface area contributed by atoms with Crippen LogP contribution in [0.25, 0.3) is 10.4 Å². The first-order valence-electron chi connectivity index (χ1n) is 6.54. The molecule has 2 rings (SSSR count). The molecule has 7 heteroatoms. The zero-order valence-corrected chi connectivity index (χ0v) is 11.5. The van der Waals surface area contributed by atoms with Gasteiger partial charge in [-0.2, -0.15) is 0 Å². The van der Waals surface area contributed by atoms with E-state index in [1.54, 1.807) is 0 Å². The van der Waals surface area contributed by atoms with Crippen molar-refractivity contribution in [3.8, 4) is 0 Å². The Bertz CT molecular complexity index is 408. The molecular weight excluding hydrogens is 248 g/mol. The highest BCUT2D eigenvalue weighted by Crippen LogP contribution is 2.44. The Labute approximate surface area is 112 Å². The third-order valence-corrected chi connectivity index (χ3v) is 3.57. The zero-order chi connectivity index (χ0) is 14.1. The van der Waals surface area contributed by atoms with E-state index in [1.807, 2.05) is 20.8 Å². The van der Waals surface area contributed by atoms with E-state index in [-0.39, 0.29) is 17.7 Å². The number of nitrogens with one attached hydrogen (secondary N) is 1. The second kappa shape index (κ2) is 4.90. The Balaban J connectivity index is 2.05. The van der Waals surface area contributed by atoms with Crippen molar-refractivity contribution in [1.82, 2.24) is 5.32 Å². The molecular formula is C12H20N4O3. The molecule has 19 heavy (non-hydrogen) atoms. The van der Waals surface area contributed by atoms with Gasteiger partial charge in [0.15, 0.2) is 0 Å². The summed E-state index contributed by atoms with van der Waals surface area (Å²) in [5, 5.41) is 6.53. The van der Waals surface area contributed by atoms with Gasteiger partial charge in [0.25, 0.3) is 0 Å². The largest absolute Gasteiger partial charge is 0.444 e. The van der Waals surface area contributed by atoms with Crippen molar-refractivity contribution in [1.29, 1.82) is 0 Å².